The zero-order chi connectivity index (χ0) is 4.28. The van der Waals surface area contributed by atoms with E-state index < -0.39 is 0 Å². The van der Waals surface area contributed by atoms with E-state index in [4.69, 9.17) is 5.02 Å². The van der Waals surface area contributed by atoms with E-state index in [1.54, 1.807) is 0 Å². The third-order valence-electron chi connectivity index (χ3n) is 0.163. The van der Waals surface area contributed by atoms with E-state index in [1.807, 2.05) is 0 Å². The summed E-state index contributed by atoms with van der Waals surface area (Å²) in [5.41, 5.74) is 0. The van der Waals surface area contributed by atoms with Crippen LogP contribution in [0.15, 0.2) is 0 Å². The maximum atomic E-state index is 8.03. The number of rotatable bonds is 1. The zero-order valence-electron chi connectivity index (χ0n) is 2.76. The average molecular weight is 109 g/mol. The molecular weight excluding hydrogens is 103 g/mol. The third kappa shape index (κ3) is 4.84. The van der Waals surface area contributed by atoms with Crippen LogP contribution in [0.5, 0.6) is 0 Å². The molecule has 0 radical (unpaired) electrons. The summed E-state index contributed by atoms with van der Waals surface area (Å²) < 4.78 is 1.51. The highest BCUT2D eigenvalue weighted by atomic mass is 31.1. The number of hydrogen-bond acceptors (Lipinski definition) is 2. The van der Waals surface area contributed by atoms with Gasteiger partial charge in [-0.1, -0.05) is 18.8 Å². The predicted octanol–water partition coefficient (Wildman–Crippen LogP) is -0.873. The second kappa shape index (κ2) is 3.05. The van der Waals surface area contributed by atoms with Gasteiger partial charge in [0.2, 0.25) is 0 Å². The minimum atomic E-state index is 0.0648. The van der Waals surface area contributed by atoms with Crippen molar-refractivity contribution in [3.05, 3.63) is 0 Å². The summed E-state index contributed by atoms with van der Waals surface area (Å²) in [6.45, 7) is 0. The molecule has 0 bridgehead atoms. The molecule has 0 saturated heterocycles. The van der Waals surface area contributed by atoms with Crippen LogP contribution in [0.25, 0.3) is 0 Å². The summed E-state index contributed by atoms with van der Waals surface area (Å²) in [7, 11) is 4.62. The molecule has 0 amide bonds. The first kappa shape index (κ1) is 5.84. The molecule has 0 aliphatic rings. The lowest BCUT2D eigenvalue weighted by atomic mass is 10.4. The fraction of sp³-hybridized carbons (Fsp3) is 0. The Balaban J connectivity index is 2.54. The summed E-state index contributed by atoms with van der Waals surface area (Å²) in [5, 5.41) is 8.03. The maximum absolute atomic E-state index is 8.03. The molecule has 0 rings (SSSR count). The Morgan fingerprint density at radius 1 is 1.60 bits per heavy atom. The molecule has 2 unspecified atom stereocenters. The average Bonchev–Trinajstić information content (AvgIpc) is 1.38. The molecular formula is H6BNOP2. The SMILES string of the molecule is OBN(P)P. The monoisotopic (exact) mass is 109 g/mol. The van der Waals surface area contributed by atoms with Gasteiger partial charge in [-0.3, -0.25) is 4.35 Å². The molecule has 0 aromatic rings. The molecule has 5 heavy (non-hydrogen) atoms. The van der Waals surface area contributed by atoms with Crippen molar-refractivity contribution in [2.24, 2.45) is 0 Å². The fourth-order valence-electron chi connectivity index (χ4n) is 0. The van der Waals surface area contributed by atoms with Crippen molar-refractivity contribution in [2.45, 2.75) is 0 Å². The smallest absolute Gasteiger partial charge is 0.367 e. The first-order valence-corrected chi connectivity index (χ1v) is 2.18. The summed E-state index contributed by atoms with van der Waals surface area (Å²) in [6, 6.07) is 0. The van der Waals surface area contributed by atoms with E-state index in [-0.39, 0.29) is 7.62 Å². The van der Waals surface area contributed by atoms with Crippen molar-refractivity contribution in [2.75, 3.05) is 0 Å². The van der Waals surface area contributed by atoms with Gasteiger partial charge < -0.3 is 5.02 Å². The highest BCUT2D eigenvalue weighted by Crippen LogP contribution is 1.98. The van der Waals surface area contributed by atoms with Crippen LogP contribution < -0.4 is 0 Å². The molecule has 1 N–H and O–H groups in total. The van der Waals surface area contributed by atoms with Crippen LogP contribution in [0.1, 0.15) is 0 Å². The van der Waals surface area contributed by atoms with Gasteiger partial charge in [0.05, 0.1) is 0 Å². The molecule has 2 atom stereocenters. The maximum Gasteiger partial charge on any atom is 0.367 e. The van der Waals surface area contributed by atoms with Crippen LogP contribution in [-0.2, 0) is 0 Å². The lowest BCUT2D eigenvalue weighted by molar-refractivity contribution is 0.581. The van der Waals surface area contributed by atoms with Gasteiger partial charge in [0.15, 0.2) is 0 Å². The lowest BCUT2D eigenvalue weighted by Crippen LogP contribution is -1.99. The number of nitrogens with zero attached hydrogens (tertiary/aromatic N) is 1. The van der Waals surface area contributed by atoms with Gasteiger partial charge in [0.1, 0.15) is 0 Å². The molecule has 0 saturated carbocycles. The summed E-state index contributed by atoms with van der Waals surface area (Å²) in [5.74, 6) is 0. The van der Waals surface area contributed by atoms with Gasteiger partial charge in [-0.2, -0.15) is 0 Å². The van der Waals surface area contributed by atoms with Crippen molar-refractivity contribution in [3.63, 3.8) is 0 Å². The van der Waals surface area contributed by atoms with Gasteiger partial charge in [0.25, 0.3) is 0 Å². The molecule has 0 aromatic heterocycles. The van der Waals surface area contributed by atoms with E-state index >= 15 is 0 Å². The van der Waals surface area contributed by atoms with Crippen LogP contribution in [0, 0.1) is 0 Å². The minimum Gasteiger partial charge on any atom is -0.440 e. The van der Waals surface area contributed by atoms with Crippen molar-refractivity contribution >= 4 is 26.4 Å². The lowest BCUT2D eigenvalue weighted by Gasteiger charge is -1.95. The third-order valence-corrected chi connectivity index (χ3v) is 0.490. The Morgan fingerprint density at radius 2 is 1.80 bits per heavy atom. The molecule has 2 nitrogen and oxygen atoms in total. The van der Waals surface area contributed by atoms with Crippen molar-refractivity contribution < 1.29 is 5.02 Å². The molecule has 0 aliphatic carbocycles. The van der Waals surface area contributed by atoms with Crippen molar-refractivity contribution in [3.8, 4) is 0 Å². The minimum absolute atomic E-state index is 0.0648. The fourth-order valence-corrected chi connectivity index (χ4v) is 0. The zero-order valence-corrected chi connectivity index (χ0v) is 5.07. The quantitative estimate of drug-likeness (QED) is 0.349. The second-order valence-corrected chi connectivity index (χ2v) is 2.58. The van der Waals surface area contributed by atoms with Gasteiger partial charge in [0, 0.05) is 0 Å². The Kier molecular flexibility index (Phi) is 3.57. The summed E-state index contributed by atoms with van der Waals surface area (Å²) in [6.07, 6.45) is 0. The van der Waals surface area contributed by atoms with Crippen LogP contribution in [0.4, 0.5) is 0 Å². The van der Waals surface area contributed by atoms with E-state index in [9.17, 15) is 0 Å². The Morgan fingerprint density at radius 3 is 1.80 bits per heavy atom. The van der Waals surface area contributed by atoms with E-state index in [0.29, 0.717) is 0 Å². The van der Waals surface area contributed by atoms with E-state index in [0.717, 1.165) is 0 Å². The highest BCUT2D eigenvalue weighted by Gasteiger charge is 1.80. The Labute approximate surface area is 36.7 Å². The predicted molar refractivity (Wildman–Crippen MR) is 30.6 cm³/mol. The Hall–Kier alpha value is 0.845. The topological polar surface area (TPSA) is 23.5 Å². The molecule has 0 aliphatic heterocycles. The molecule has 0 spiro atoms. The highest BCUT2D eigenvalue weighted by molar-refractivity contribution is 7.34. The van der Waals surface area contributed by atoms with Crippen molar-refractivity contribution in [1.82, 2.24) is 4.35 Å². The second-order valence-electron chi connectivity index (χ2n) is 0.656. The van der Waals surface area contributed by atoms with Gasteiger partial charge in [-0.15, -0.1) is 0 Å². The Bertz CT molecular complexity index is 23.6. The van der Waals surface area contributed by atoms with Gasteiger partial charge in [-0.05, 0) is 0 Å². The standard InChI is InChI=1S/BH6NOP2/c3-1-2(4)5/h1,3H,4-5H2. The largest absolute Gasteiger partial charge is 0.440 e. The molecule has 0 aromatic carbocycles. The van der Waals surface area contributed by atoms with Crippen LogP contribution in [-0.4, -0.2) is 17.0 Å². The summed E-state index contributed by atoms with van der Waals surface area (Å²) in [4.78, 5) is 0. The molecule has 5 heteroatoms. The number of hydrogen-bond donors (Lipinski definition) is 1. The van der Waals surface area contributed by atoms with Gasteiger partial charge >= 0.3 is 7.62 Å². The van der Waals surface area contributed by atoms with Crippen molar-refractivity contribution in [1.29, 1.82) is 0 Å². The first-order chi connectivity index (χ1) is 2.27. The molecule has 0 heterocycles. The van der Waals surface area contributed by atoms with E-state index in [2.05, 4.69) is 18.8 Å². The van der Waals surface area contributed by atoms with Crippen LogP contribution in [0.2, 0.25) is 0 Å². The molecule has 0 fully saturated rings. The molecule has 30 valence electrons. The van der Waals surface area contributed by atoms with Gasteiger partial charge in [-0.25, -0.2) is 0 Å². The normalized spacial score (nSPS) is 8.80. The summed E-state index contributed by atoms with van der Waals surface area (Å²) >= 11 is 0. The van der Waals surface area contributed by atoms with Crippen LogP contribution >= 0.6 is 18.8 Å². The van der Waals surface area contributed by atoms with Crippen LogP contribution in [0.3, 0.4) is 0 Å². The first-order valence-electron chi connectivity index (χ1n) is 1.15. The van der Waals surface area contributed by atoms with E-state index in [1.165, 1.54) is 4.35 Å².